The Morgan fingerprint density at radius 3 is 2.77 bits per heavy atom. The molecule has 6 nitrogen and oxygen atoms in total. The number of methoxy groups -OCH3 is 1. The lowest BCUT2D eigenvalue weighted by molar-refractivity contribution is -0.120. The van der Waals surface area contributed by atoms with E-state index in [2.05, 4.69) is 15.7 Å². The zero-order chi connectivity index (χ0) is 15.8. The molecule has 2 rings (SSSR count). The van der Waals surface area contributed by atoms with E-state index in [-0.39, 0.29) is 11.9 Å². The van der Waals surface area contributed by atoms with Crippen molar-refractivity contribution in [2.45, 2.75) is 26.1 Å². The molecule has 0 spiro atoms. The van der Waals surface area contributed by atoms with Gasteiger partial charge < -0.3 is 15.4 Å². The molecule has 0 aliphatic rings. The number of carbonyl (C=O) groups is 1. The summed E-state index contributed by atoms with van der Waals surface area (Å²) in [6.07, 6.45) is 3.65. The van der Waals surface area contributed by atoms with Crippen molar-refractivity contribution in [1.29, 1.82) is 0 Å². The molecule has 2 N–H and O–H groups in total. The first kappa shape index (κ1) is 16.0. The molecule has 6 heteroatoms. The lowest BCUT2D eigenvalue weighted by Crippen LogP contribution is -2.39. The average Bonchev–Trinajstić information content (AvgIpc) is 3.04. The lowest BCUT2D eigenvalue weighted by atomic mass is 10.2. The summed E-state index contributed by atoms with van der Waals surface area (Å²) >= 11 is 0. The van der Waals surface area contributed by atoms with E-state index in [9.17, 15) is 4.79 Å². The van der Waals surface area contributed by atoms with E-state index in [4.69, 9.17) is 4.74 Å². The largest absolute Gasteiger partial charge is 0.497 e. The Morgan fingerprint density at radius 1 is 1.36 bits per heavy atom. The average molecular weight is 302 g/mol. The Bertz CT molecular complexity index is 566. The topological polar surface area (TPSA) is 68.2 Å². The second-order valence-corrected chi connectivity index (χ2v) is 5.13. The number of carbonyl (C=O) groups excluding carboxylic acids is 1. The fourth-order valence-corrected chi connectivity index (χ4v) is 2.03. The van der Waals surface area contributed by atoms with Gasteiger partial charge in [0, 0.05) is 25.0 Å². The molecule has 1 unspecified atom stereocenters. The van der Waals surface area contributed by atoms with E-state index in [1.54, 1.807) is 13.3 Å². The molecule has 1 atom stereocenters. The Hall–Kier alpha value is -2.34. The third kappa shape index (κ3) is 5.21. The minimum Gasteiger partial charge on any atom is -0.497 e. The van der Waals surface area contributed by atoms with Gasteiger partial charge in [0.05, 0.1) is 20.2 Å². The summed E-state index contributed by atoms with van der Waals surface area (Å²) < 4.78 is 6.94. The van der Waals surface area contributed by atoms with Crippen LogP contribution in [0.4, 0.5) is 0 Å². The van der Waals surface area contributed by atoms with Gasteiger partial charge in [-0.2, -0.15) is 5.10 Å². The molecule has 0 saturated heterocycles. The van der Waals surface area contributed by atoms with Crippen LogP contribution in [-0.2, 0) is 17.9 Å². The minimum atomic E-state index is -0.0249. The van der Waals surface area contributed by atoms with Crippen molar-refractivity contribution >= 4 is 5.91 Å². The Balaban J connectivity index is 1.66. The number of amides is 1. The van der Waals surface area contributed by atoms with Gasteiger partial charge in [0.2, 0.25) is 5.91 Å². The summed E-state index contributed by atoms with van der Waals surface area (Å²) in [7, 11) is 1.63. The van der Waals surface area contributed by atoms with Gasteiger partial charge in [0.25, 0.3) is 0 Å². The summed E-state index contributed by atoms with van der Waals surface area (Å²) in [5.41, 5.74) is 1.04. The van der Waals surface area contributed by atoms with Crippen LogP contribution >= 0.6 is 0 Å². The van der Waals surface area contributed by atoms with E-state index in [0.29, 0.717) is 13.1 Å². The van der Waals surface area contributed by atoms with Crippen LogP contribution in [0.5, 0.6) is 5.75 Å². The first-order valence-electron chi connectivity index (χ1n) is 7.28. The molecule has 0 fully saturated rings. The summed E-state index contributed by atoms with van der Waals surface area (Å²) in [4.78, 5) is 11.8. The van der Waals surface area contributed by atoms with Crippen molar-refractivity contribution in [3.05, 3.63) is 48.3 Å². The van der Waals surface area contributed by atoms with Crippen LogP contribution in [-0.4, -0.2) is 35.4 Å². The molecular formula is C16H22N4O2. The monoisotopic (exact) mass is 302 g/mol. The lowest BCUT2D eigenvalue weighted by Gasteiger charge is -2.14. The Morgan fingerprint density at radius 2 is 2.14 bits per heavy atom. The van der Waals surface area contributed by atoms with Gasteiger partial charge in [-0.3, -0.25) is 9.48 Å². The molecule has 118 valence electrons. The van der Waals surface area contributed by atoms with Crippen LogP contribution in [0, 0.1) is 0 Å². The maximum Gasteiger partial charge on any atom is 0.234 e. The number of rotatable bonds is 8. The molecule has 1 aromatic carbocycles. The van der Waals surface area contributed by atoms with Crippen molar-refractivity contribution < 1.29 is 9.53 Å². The minimum absolute atomic E-state index is 0.0249. The number of benzene rings is 1. The number of nitrogens with zero attached hydrogens (tertiary/aromatic N) is 2. The van der Waals surface area contributed by atoms with Gasteiger partial charge in [-0.15, -0.1) is 0 Å². The van der Waals surface area contributed by atoms with E-state index in [0.717, 1.165) is 17.9 Å². The first-order chi connectivity index (χ1) is 10.7. The number of hydrogen-bond donors (Lipinski definition) is 2. The molecule has 0 aliphatic carbocycles. The maximum atomic E-state index is 11.8. The zero-order valence-electron chi connectivity index (χ0n) is 13.0. The van der Waals surface area contributed by atoms with Gasteiger partial charge in [0.15, 0.2) is 0 Å². The third-order valence-electron chi connectivity index (χ3n) is 3.28. The highest BCUT2D eigenvalue weighted by molar-refractivity contribution is 5.78. The summed E-state index contributed by atoms with van der Waals surface area (Å²) in [5, 5.41) is 10.2. The third-order valence-corrected chi connectivity index (χ3v) is 3.28. The molecule has 0 saturated carbocycles. The van der Waals surface area contributed by atoms with E-state index < -0.39 is 0 Å². The van der Waals surface area contributed by atoms with Crippen LogP contribution in [0.15, 0.2) is 42.7 Å². The molecular weight excluding hydrogens is 280 g/mol. The van der Waals surface area contributed by atoms with Gasteiger partial charge >= 0.3 is 0 Å². The predicted molar refractivity (Wildman–Crippen MR) is 84.5 cm³/mol. The van der Waals surface area contributed by atoms with Crippen LogP contribution in [0.3, 0.4) is 0 Å². The molecule has 0 radical (unpaired) electrons. The highest BCUT2D eigenvalue weighted by Gasteiger charge is 2.06. The molecule has 1 aromatic heterocycles. The number of aromatic nitrogens is 2. The fourth-order valence-electron chi connectivity index (χ4n) is 2.03. The number of nitrogens with one attached hydrogen (secondary N) is 2. The summed E-state index contributed by atoms with van der Waals surface area (Å²) in [6, 6.07) is 9.69. The SMILES string of the molecule is COc1ccc(CNC(=O)CNC(C)Cn2cccn2)cc1. The molecule has 1 heterocycles. The van der Waals surface area contributed by atoms with Crippen LogP contribution < -0.4 is 15.4 Å². The van der Waals surface area contributed by atoms with Gasteiger partial charge in [-0.05, 0) is 30.7 Å². The van der Waals surface area contributed by atoms with Crippen molar-refractivity contribution in [3.8, 4) is 5.75 Å². The van der Waals surface area contributed by atoms with Crippen molar-refractivity contribution in [2.75, 3.05) is 13.7 Å². The smallest absolute Gasteiger partial charge is 0.234 e. The highest BCUT2D eigenvalue weighted by Crippen LogP contribution is 2.10. The van der Waals surface area contributed by atoms with Crippen molar-refractivity contribution in [1.82, 2.24) is 20.4 Å². The van der Waals surface area contributed by atoms with Gasteiger partial charge in [-0.25, -0.2) is 0 Å². The molecule has 2 aromatic rings. The summed E-state index contributed by atoms with van der Waals surface area (Å²) in [5.74, 6) is 0.785. The van der Waals surface area contributed by atoms with Gasteiger partial charge in [-0.1, -0.05) is 12.1 Å². The van der Waals surface area contributed by atoms with E-state index in [1.807, 2.05) is 48.1 Å². The number of hydrogen-bond acceptors (Lipinski definition) is 4. The van der Waals surface area contributed by atoms with Crippen LogP contribution in [0.25, 0.3) is 0 Å². The van der Waals surface area contributed by atoms with Crippen LogP contribution in [0.2, 0.25) is 0 Å². The molecule has 0 bridgehead atoms. The maximum absolute atomic E-state index is 11.8. The highest BCUT2D eigenvalue weighted by atomic mass is 16.5. The standard InChI is InChI=1S/C16H22N4O2/c1-13(12-20-9-3-8-19-20)17-11-16(21)18-10-14-4-6-15(22-2)7-5-14/h3-9,13,17H,10-12H2,1-2H3,(H,18,21). The van der Waals surface area contributed by atoms with Crippen molar-refractivity contribution in [2.24, 2.45) is 0 Å². The Labute approximate surface area is 130 Å². The molecule has 22 heavy (non-hydrogen) atoms. The normalized spacial score (nSPS) is 11.9. The second-order valence-electron chi connectivity index (χ2n) is 5.13. The van der Waals surface area contributed by atoms with Gasteiger partial charge in [0.1, 0.15) is 5.75 Å². The molecule has 0 aliphatic heterocycles. The molecule has 1 amide bonds. The zero-order valence-corrected chi connectivity index (χ0v) is 13.0. The summed E-state index contributed by atoms with van der Waals surface area (Å²) in [6.45, 7) is 3.56. The van der Waals surface area contributed by atoms with Crippen LogP contribution in [0.1, 0.15) is 12.5 Å². The Kier molecular flexibility index (Phi) is 5.97. The van der Waals surface area contributed by atoms with E-state index in [1.165, 1.54) is 0 Å². The quantitative estimate of drug-likeness (QED) is 0.768. The van der Waals surface area contributed by atoms with Crippen molar-refractivity contribution in [3.63, 3.8) is 0 Å². The van der Waals surface area contributed by atoms with E-state index >= 15 is 0 Å². The first-order valence-corrected chi connectivity index (χ1v) is 7.28. The number of ether oxygens (including phenoxy) is 1. The predicted octanol–water partition coefficient (Wildman–Crippen LogP) is 1.19. The second kappa shape index (κ2) is 8.19. The fraction of sp³-hybridized carbons (Fsp3) is 0.375.